The predicted molar refractivity (Wildman–Crippen MR) is 63.4 cm³/mol. The smallest absolute Gasteiger partial charge is 0.352 e. The van der Waals surface area contributed by atoms with Crippen LogP contribution >= 0.6 is 27.3 Å². The molecule has 0 saturated heterocycles. The fraction of sp³-hybridized carbons (Fsp3) is 0.100. The summed E-state index contributed by atoms with van der Waals surface area (Å²) in [4.78, 5) is 11.9. The van der Waals surface area contributed by atoms with Crippen molar-refractivity contribution in [2.24, 2.45) is 7.05 Å². The number of carboxylic acid groups (broad SMARTS) is 1. The Balaban J connectivity index is 2.50. The van der Waals surface area contributed by atoms with Gasteiger partial charge in [-0.2, -0.15) is 0 Å². The Morgan fingerprint density at radius 1 is 1.40 bits per heavy atom. The van der Waals surface area contributed by atoms with Crippen LogP contribution in [0, 0.1) is 0 Å². The van der Waals surface area contributed by atoms with Gasteiger partial charge in [0.15, 0.2) is 0 Å². The minimum Gasteiger partial charge on any atom is -0.477 e. The Hall–Kier alpha value is -1.07. The normalized spacial score (nSPS) is 10.5. The molecule has 2 rings (SSSR count). The minimum absolute atomic E-state index is 0.300. The monoisotopic (exact) mass is 285 g/mol. The van der Waals surface area contributed by atoms with Crippen molar-refractivity contribution in [3.63, 3.8) is 0 Å². The zero-order valence-corrected chi connectivity index (χ0v) is 10.3. The van der Waals surface area contributed by atoms with Gasteiger partial charge in [-0.25, -0.2) is 4.79 Å². The fourth-order valence-corrected chi connectivity index (χ4v) is 2.87. The zero-order valence-electron chi connectivity index (χ0n) is 7.90. The first-order valence-corrected chi connectivity index (χ1v) is 5.85. The molecule has 0 aromatic carbocycles. The third kappa shape index (κ3) is 1.85. The number of halogens is 1. The Morgan fingerprint density at radius 2 is 2.13 bits per heavy atom. The second kappa shape index (κ2) is 3.83. The fourth-order valence-electron chi connectivity index (χ4n) is 1.43. The van der Waals surface area contributed by atoms with Crippen molar-refractivity contribution < 1.29 is 9.90 Å². The summed E-state index contributed by atoms with van der Waals surface area (Å²) in [6, 6.07) is 7.36. The van der Waals surface area contributed by atoms with Gasteiger partial charge in [0.05, 0.1) is 14.4 Å². The highest BCUT2D eigenvalue weighted by atomic mass is 79.9. The van der Waals surface area contributed by atoms with Crippen molar-refractivity contribution in [3.8, 4) is 10.6 Å². The maximum atomic E-state index is 10.8. The third-order valence-corrected chi connectivity index (χ3v) is 3.81. The van der Waals surface area contributed by atoms with E-state index in [0.717, 1.165) is 14.4 Å². The van der Waals surface area contributed by atoms with Gasteiger partial charge in [0.25, 0.3) is 0 Å². The largest absolute Gasteiger partial charge is 0.477 e. The summed E-state index contributed by atoms with van der Waals surface area (Å²) in [5.41, 5.74) is 1.22. The van der Waals surface area contributed by atoms with Gasteiger partial charge in [-0.1, -0.05) is 0 Å². The molecule has 1 N–H and O–H groups in total. The van der Waals surface area contributed by atoms with Crippen LogP contribution in [0.2, 0.25) is 0 Å². The van der Waals surface area contributed by atoms with Crippen LogP contribution in [0.1, 0.15) is 10.5 Å². The number of aromatic nitrogens is 1. The molecule has 2 aromatic heterocycles. The Bertz CT molecular complexity index is 515. The van der Waals surface area contributed by atoms with E-state index in [-0.39, 0.29) is 0 Å². The Labute approximate surface area is 99.1 Å². The average Bonchev–Trinajstić information content (AvgIpc) is 2.71. The van der Waals surface area contributed by atoms with Crippen molar-refractivity contribution in [1.82, 2.24) is 4.57 Å². The summed E-state index contributed by atoms with van der Waals surface area (Å²) < 4.78 is 2.72. The number of thiophene rings is 1. The van der Waals surface area contributed by atoms with Crippen LogP contribution < -0.4 is 0 Å². The van der Waals surface area contributed by atoms with E-state index in [2.05, 4.69) is 15.9 Å². The molecule has 0 radical (unpaired) electrons. The van der Waals surface area contributed by atoms with Crippen molar-refractivity contribution >= 4 is 33.2 Å². The highest BCUT2D eigenvalue weighted by Gasteiger charge is 2.12. The second-order valence-electron chi connectivity index (χ2n) is 3.07. The van der Waals surface area contributed by atoms with E-state index in [1.807, 2.05) is 18.2 Å². The van der Waals surface area contributed by atoms with E-state index in [1.165, 1.54) is 0 Å². The molecular weight excluding hydrogens is 278 g/mol. The summed E-state index contributed by atoms with van der Waals surface area (Å²) >= 11 is 4.97. The Morgan fingerprint density at radius 3 is 2.60 bits per heavy atom. The van der Waals surface area contributed by atoms with Gasteiger partial charge in [-0.15, -0.1) is 11.3 Å². The van der Waals surface area contributed by atoms with Gasteiger partial charge < -0.3 is 9.67 Å². The molecule has 0 unspecified atom stereocenters. The summed E-state index contributed by atoms with van der Waals surface area (Å²) in [6.45, 7) is 0. The van der Waals surface area contributed by atoms with Crippen LogP contribution in [0.25, 0.3) is 10.6 Å². The molecule has 0 spiro atoms. The standard InChI is InChI=1S/C10H8BrNO2S/c1-12-6(2-3-7(12)10(13)14)8-4-5-9(11)15-8/h2-5H,1H3,(H,13,14). The van der Waals surface area contributed by atoms with Gasteiger partial charge in [-0.05, 0) is 40.2 Å². The van der Waals surface area contributed by atoms with Crippen molar-refractivity contribution in [2.45, 2.75) is 0 Å². The predicted octanol–water partition coefficient (Wildman–Crippen LogP) is 3.21. The quantitative estimate of drug-likeness (QED) is 0.921. The van der Waals surface area contributed by atoms with E-state index >= 15 is 0 Å². The molecule has 0 aliphatic carbocycles. The molecule has 78 valence electrons. The lowest BCUT2D eigenvalue weighted by Gasteiger charge is -2.02. The molecule has 0 bridgehead atoms. The number of rotatable bonds is 2. The number of hydrogen-bond donors (Lipinski definition) is 1. The minimum atomic E-state index is -0.903. The first-order chi connectivity index (χ1) is 7.09. The molecular formula is C10H8BrNO2S. The van der Waals surface area contributed by atoms with E-state index in [9.17, 15) is 4.79 Å². The first kappa shape index (κ1) is 10.4. The van der Waals surface area contributed by atoms with E-state index in [4.69, 9.17) is 5.11 Å². The van der Waals surface area contributed by atoms with Crippen molar-refractivity contribution in [1.29, 1.82) is 0 Å². The molecule has 0 atom stereocenters. The van der Waals surface area contributed by atoms with Gasteiger partial charge >= 0.3 is 5.97 Å². The lowest BCUT2D eigenvalue weighted by Crippen LogP contribution is -2.04. The first-order valence-electron chi connectivity index (χ1n) is 4.24. The summed E-state index contributed by atoms with van der Waals surface area (Å²) in [5.74, 6) is -0.903. The number of aromatic carboxylic acids is 1. The number of hydrogen-bond acceptors (Lipinski definition) is 2. The van der Waals surface area contributed by atoms with Crippen molar-refractivity contribution in [3.05, 3.63) is 33.7 Å². The topological polar surface area (TPSA) is 42.2 Å². The maximum Gasteiger partial charge on any atom is 0.352 e. The Kier molecular flexibility index (Phi) is 2.67. The van der Waals surface area contributed by atoms with Crippen molar-refractivity contribution in [2.75, 3.05) is 0 Å². The molecule has 5 heteroatoms. The number of nitrogens with zero attached hydrogens (tertiary/aromatic N) is 1. The van der Waals surface area contributed by atoms with Crippen LogP contribution in [0.4, 0.5) is 0 Å². The molecule has 0 fully saturated rings. The second-order valence-corrected chi connectivity index (χ2v) is 5.53. The van der Waals surface area contributed by atoms with Crippen LogP contribution in [0.15, 0.2) is 28.1 Å². The zero-order chi connectivity index (χ0) is 11.0. The molecule has 0 aliphatic rings. The average molecular weight is 286 g/mol. The summed E-state index contributed by atoms with van der Waals surface area (Å²) in [6.07, 6.45) is 0. The third-order valence-electron chi connectivity index (χ3n) is 2.17. The SMILES string of the molecule is Cn1c(C(=O)O)ccc1-c1ccc(Br)s1. The molecule has 2 heterocycles. The molecule has 15 heavy (non-hydrogen) atoms. The van der Waals surface area contributed by atoms with Crippen LogP contribution in [0.3, 0.4) is 0 Å². The van der Waals surface area contributed by atoms with Crippen LogP contribution in [-0.4, -0.2) is 15.6 Å². The molecule has 2 aromatic rings. The van der Waals surface area contributed by atoms with Crippen LogP contribution in [-0.2, 0) is 7.05 Å². The van der Waals surface area contributed by atoms with Gasteiger partial charge in [0.2, 0.25) is 0 Å². The van der Waals surface area contributed by atoms with Gasteiger partial charge in [-0.3, -0.25) is 0 Å². The lowest BCUT2D eigenvalue weighted by molar-refractivity contribution is 0.0687. The number of carboxylic acids is 1. The van der Waals surface area contributed by atoms with E-state index in [1.54, 1.807) is 29.0 Å². The summed E-state index contributed by atoms with van der Waals surface area (Å²) in [7, 11) is 1.76. The van der Waals surface area contributed by atoms with Crippen LogP contribution in [0.5, 0.6) is 0 Å². The lowest BCUT2D eigenvalue weighted by atomic mass is 10.3. The van der Waals surface area contributed by atoms with Gasteiger partial charge in [0.1, 0.15) is 5.69 Å². The number of carbonyl (C=O) groups is 1. The van der Waals surface area contributed by atoms with E-state index in [0.29, 0.717) is 5.69 Å². The maximum absolute atomic E-state index is 10.8. The highest BCUT2D eigenvalue weighted by Crippen LogP contribution is 2.31. The molecule has 0 amide bonds. The van der Waals surface area contributed by atoms with Gasteiger partial charge in [0, 0.05) is 7.05 Å². The van der Waals surface area contributed by atoms with E-state index < -0.39 is 5.97 Å². The molecule has 3 nitrogen and oxygen atoms in total. The molecule has 0 aliphatic heterocycles. The molecule has 0 saturated carbocycles. The highest BCUT2D eigenvalue weighted by molar-refractivity contribution is 9.11. The summed E-state index contributed by atoms with van der Waals surface area (Å²) in [5, 5.41) is 8.90.